The van der Waals surface area contributed by atoms with E-state index >= 15 is 0 Å². The van der Waals surface area contributed by atoms with Crippen LogP contribution in [0.5, 0.6) is 0 Å². The van der Waals surface area contributed by atoms with E-state index in [0.29, 0.717) is 12.2 Å². The Hall–Kier alpha value is -1.09. The summed E-state index contributed by atoms with van der Waals surface area (Å²) in [7, 11) is 1.18. The molecule has 1 aromatic rings. The molecular formula is C12H21ClN4O3S. The molecule has 0 spiro atoms. The van der Waals surface area contributed by atoms with Crippen molar-refractivity contribution in [1.29, 1.82) is 0 Å². The molecule has 1 unspecified atom stereocenters. The Bertz CT molecular complexity index is 608. The topological polar surface area (TPSA) is 83.4 Å². The molecule has 1 aliphatic rings. The van der Waals surface area contributed by atoms with Gasteiger partial charge in [-0.2, -0.15) is 4.31 Å². The van der Waals surface area contributed by atoms with Crippen molar-refractivity contribution in [2.45, 2.75) is 17.4 Å². The monoisotopic (exact) mass is 336 g/mol. The van der Waals surface area contributed by atoms with E-state index in [4.69, 9.17) is 0 Å². The molecule has 1 atom stereocenters. The van der Waals surface area contributed by atoms with Crippen molar-refractivity contribution in [3.8, 4) is 0 Å². The van der Waals surface area contributed by atoms with Gasteiger partial charge in [0.1, 0.15) is 10.6 Å². The molecule has 2 heterocycles. The predicted molar refractivity (Wildman–Crippen MR) is 82.3 cm³/mol. The zero-order valence-corrected chi connectivity index (χ0v) is 13.9. The van der Waals surface area contributed by atoms with Crippen LogP contribution in [0.25, 0.3) is 0 Å². The van der Waals surface area contributed by atoms with Crippen molar-refractivity contribution in [3.63, 3.8) is 0 Å². The summed E-state index contributed by atoms with van der Waals surface area (Å²) in [5.74, 6) is -0.306. The third kappa shape index (κ3) is 3.39. The molecule has 120 valence electrons. The van der Waals surface area contributed by atoms with E-state index in [0.717, 1.165) is 13.0 Å². The summed E-state index contributed by atoms with van der Waals surface area (Å²) in [5.41, 5.74) is 0.323. The largest absolute Gasteiger partial charge is 0.354 e. The molecule has 1 saturated heterocycles. The average molecular weight is 337 g/mol. The minimum Gasteiger partial charge on any atom is -0.354 e. The van der Waals surface area contributed by atoms with Crippen molar-refractivity contribution < 1.29 is 13.2 Å². The Balaban J connectivity index is 0.00000220. The van der Waals surface area contributed by atoms with E-state index in [1.807, 2.05) is 0 Å². The number of nitrogens with one attached hydrogen (secondary N) is 2. The highest BCUT2D eigenvalue weighted by Gasteiger charge is 2.31. The van der Waals surface area contributed by atoms with Gasteiger partial charge in [0.2, 0.25) is 10.0 Å². The van der Waals surface area contributed by atoms with Crippen LogP contribution in [0.1, 0.15) is 16.9 Å². The molecule has 0 aromatic carbocycles. The van der Waals surface area contributed by atoms with E-state index < -0.39 is 10.0 Å². The van der Waals surface area contributed by atoms with E-state index in [1.54, 1.807) is 14.1 Å². The molecular weight excluding hydrogens is 316 g/mol. The minimum absolute atomic E-state index is 0. The van der Waals surface area contributed by atoms with E-state index in [9.17, 15) is 13.2 Å². The normalized spacial score (nSPS) is 18.6. The number of amides is 1. The second-order valence-corrected chi connectivity index (χ2v) is 6.92. The first-order chi connectivity index (χ1) is 9.37. The van der Waals surface area contributed by atoms with Gasteiger partial charge in [-0.15, -0.1) is 12.4 Å². The first-order valence-electron chi connectivity index (χ1n) is 6.45. The Morgan fingerprint density at radius 1 is 1.52 bits per heavy atom. The number of hydrogen-bond acceptors (Lipinski definition) is 4. The summed E-state index contributed by atoms with van der Waals surface area (Å²) >= 11 is 0. The maximum atomic E-state index is 12.5. The molecule has 1 aromatic heterocycles. The summed E-state index contributed by atoms with van der Waals surface area (Å²) in [4.78, 5) is 11.8. The van der Waals surface area contributed by atoms with Gasteiger partial charge in [-0.3, -0.25) is 4.79 Å². The highest BCUT2D eigenvalue weighted by atomic mass is 35.5. The molecule has 1 fully saturated rings. The smallest absolute Gasteiger partial charge is 0.267 e. The maximum Gasteiger partial charge on any atom is 0.267 e. The molecule has 0 bridgehead atoms. The number of aryl methyl sites for hydroxylation is 1. The zero-order valence-electron chi connectivity index (χ0n) is 12.3. The summed E-state index contributed by atoms with van der Waals surface area (Å²) in [6, 6.07) is 1.37. The van der Waals surface area contributed by atoms with Gasteiger partial charge < -0.3 is 15.2 Å². The number of nitrogens with zero attached hydrogens (tertiary/aromatic N) is 2. The van der Waals surface area contributed by atoms with E-state index in [1.165, 1.54) is 28.2 Å². The summed E-state index contributed by atoms with van der Waals surface area (Å²) in [6.07, 6.45) is 2.27. The van der Waals surface area contributed by atoms with Gasteiger partial charge in [0.15, 0.2) is 0 Å². The van der Waals surface area contributed by atoms with Crippen LogP contribution >= 0.6 is 12.4 Å². The second-order valence-electron chi connectivity index (χ2n) is 4.92. The number of halogens is 1. The van der Waals surface area contributed by atoms with Crippen LogP contribution in [0.4, 0.5) is 0 Å². The molecule has 9 heteroatoms. The number of aromatic nitrogens is 1. The lowest BCUT2D eigenvalue weighted by Crippen LogP contribution is -2.38. The van der Waals surface area contributed by atoms with Crippen LogP contribution in [-0.2, 0) is 17.1 Å². The zero-order chi connectivity index (χ0) is 14.9. The summed E-state index contributed by atoms with van der Waals surface area (Å²) in [5, 5.41) is 5.64. The van der Waals surface area contributed by atoms with Gasteiger partial charge in [0, 0.05) is 39.9 Å². The molecule has 0 radical (unpaired) electrons. The van der Waals surface area contributed by atoms with E-state index in [2.05, 4.69) is 10.6 Å². The van der Waals surface area contributed by atoms with Crippen LogP contribution < -0.4 is 10.6 Å². The Morgan fingerprint density at radius 2 is 2.19 bits per heavy atom. The number of carbonyl (C=O) groups is 1. The fourth-order valence-electron chi connectivity index (χ4n) is 2.34. The lowest BCUT2D eigenvalue weighted by atomic mass is 10.3. The van der Waals surface area contributed by atoms with Crippen molar-refractivity contribution in [3.05, 3.63) is 18.0 Å². The molecule has 1 aliphatic heterocycles. The third-order valence-corrected chi connectivity index (χ3v) is 5.54. The van der Waals surface area contributed by atoms with Crippen LogP contribution in [0.2, 0.25) is 0 Å². The van der Waals surface area contributed by atoms with Crippen LogP contribution in [0, 0.1) is 0 Å². The average Bonchev–Trinajstić information content (AvgIpc) is 3.06. The lowest BCUT2D eigenvalue weighted by molar-refractivity contribution is 0.0955. The molecule has 7 nitrogen and oxygen atoms in total. The highest BCUT2D eigenvalue weighted by Crippen LogP contribution is 2.21. The van der Waals surface area contributed by atoms with Crippen molar-refractivity contribution in [2.24, 2.45) is 7.05 Å². The van der Waals surface area contributed by atoms with Gasteiger partial charge in [-0.05, 0) is 19.0 Å². The molecule has 2 rings (SSSR count). The predicted octanol–water partition coefficient (Wildman–Crippen LogP) is -0.211. The maximum absolute atomic E-state index is 12.5. The number of hydrogen-bond donors (Lipinski definition) is 2. The first kappa shape index (κ1) is 18.0. The highest BCUT2D eigenvalue weighted by molar-refractivity contribution is 7.89. The quantitative estimate of drug-likeness (QED) is 0.797. The standard InChI is InChI=1S/C12H20N4O3S.ClH/c1-13-12(17)11-6-10(8-15(11)2)20(18,19)16(3)9-4-5-14-7-9;/h6,8-9,14H,4-5,7H2,1-3H3,(H,13,17);1H. The molecule has 2 N–H and O–H groups in total. The van der Waals surface area contributed by atoms with Crippen LogP contribution in [0.3, 0.4) is 0 Å². The number of sulfonamides is 1. The van der Waals surface area contributed by atoms with Crippen LogP contribution in [-0.4, -0.2) is 56.4 Å². The minimum atomic E-state index is -3.57. The Labute approximate surface area is 131 Å². The summed E-state index contributed by atoms with van der Waals surface area (Å²) in [6.45, 7) is 1.48. The fraction of sp³-hybridized carbons (Fsp3) is 0.583. The van der Waals surface area contributed by atoms with Crippen molar-refractivity contribution in [1.82, 2.24) is 19.5 Å². The Morgan fingerprint density at radius 3 is 2.71 bits per heavy atom. The van der Waals surface area contributed by atoms with Gasteiger partial charge >= 0.3 is 0 Å². The molecule has 21 heavy (non-hydrogen) atoms. The van der Waals surface area contributed by atoms with Crippen molar-refractivity contribution >= 4 is 28.3 Å². The Kier molecular flexibility index (Phi) is 5.80. The van der Waals surface area contributed by atoms with Crippen LogP contribution in [0.15, 0.2) is 17.2 Å². The molecule has 0 saturated carbocycles. The van der Waals surface area contributed by atoms with Gasteiger partial charge in [0.05, 0.1) is 0 Å². The third-order valence-electron chi connectivity index (χ3n) is 3.67. The van der Waals surface area contributed by atoms with Gasteiger partial charge in [-0.1, -0.05) is 0 Å². The molecule has 1 amide bonds. The van der Waals surface area contributed by atoms with Gasteiger partial charge in [0.25, 0.3) is 5.91 Å². The van der Waals surface area contributed by atoms with E-state index in [-0.39, 0.29) is 29.3 Å². The van der Waals surface area contributed by atoms with Crippen molar-refractivity contribution in [2.75, 3.05) is 27.2 Å². The summed E-state index contributed by atoms with van der Waals surface area (Å²) < 4.78 is 28.0. The number of carbonyl (C=O) groups excluding carboxylic acids is 1. The SMILES string of the molecule is CNC(=O)c1cc(S(=O)(=O)N(C)C2CCNC2)cn1C.Cl. The number of likely N-dealkylation sites (N-methyl/N-ethyl adjacent to an activating group) is 1. The molecule has 0 aliphatic carbocycles. The fourth-order valence-corrected chi connectivity index (χ4v) is 3.80. The van der Waals surface area contributed by atoms with Gasteiger partial charge in [-0.25, -0.2) is 8.42 Å². The lowest BCUT2D eigenvalue weighted by Gasteiger charge is -2.22. The second kappa shape index (κ2) is 6.78. The number of rotatable bonds is 4. The first-order valence-corrected chi connectivity index (χ1v) is 7.89.